The highest BCUT2D eigenvalue weighted by atomic mass is 16.3. The van der Waals surface area contributed by atoms with Gasteiger partial charge < -0.3 is 20.6 Å². The van der Waals surface area contributed by atoms with Gasteiger partial charge >= 0.3 is 0 Å². The number of nitrogens with one attached hydrogen (secondary N) is 1. The van der Waals surface area contributed by atoms with E-state index in [4.69, 9.17) is 10.2 Å². The van der Waals surface area contributed by atoms with Crippen molar-refractivity contribution in [1.29, 1.82) is 0 Å². The molecule has 1 saturated heterocycles. The van der Waals surface area contributed by atoms with Crippen molar-refractivity contribution in [2.45, 2.75) is 25.0 Å². The maximum atomic E-state index is 9.34. The molecule has 0 aromatic rings. The summed E-state index contributed by atoms with van der Waals surface area (Å²) >= 11 is 0. The second kappa shape index (κ2) is 7.14. The molecule has 1 rings (SSSR count). The number of aliphatic hydroxyl groups is 3. The second-order valence-electron chi connectivity index (χ2n) is 4.11. The molecule has 0 amide bonds. The lowest BCUT2D eigenvalue weighted by atomic mass is 10.2. The van der Waals surface area contributed by atoms with Crippen LogP contribution in [-0.2, 0) is 0 Å². The predicted octanol–water partition coefficient (Wildman–Crippen LogP) is -1.61. The predicted molar refractivity (Wildman–Crippen MR) is 57.6 cm³/mol. The van der Waals surface area contributed by atoms with Gasteiger partial charge in [0, 0.05) is 25.7 Å². The number of rotatable bonds is 7. The zero-order valence-corrected chi connectivity index (χ0v) is 9.10. The van der Waals surface area contributed by atoms with Gasteiger partial charge in [0.1, 0.15) is 0 Å². The Kier molecular flexibility index (Phi) is 6.12. The molecule has 15 heavy (non-hydrogen) atoms. The van der Waals surface area contributed by atoms with Crippen LogP contribution in [0.15, 0.2) is 0 Å². The first-order chi connectivity index (χ1) is 7.26. The summed E-state index contributed by atoms with van der Waals surface area (Å²) in [5.74, 6) is 0. The first-order valence-electron chi connectivity index (χ1n) is 5.61. The fourth-order valence-electron chi connectivity index (χ4n) is 1.98. The average molecular weight is 218 g/mol. The molecule has 1 aliphatic rings. The Hall–Kier alpha value is -0.200. The van der Waals surface area contributed by atoms with Crippen molar-refractivity contribution < 1.29 is 15.3 Å². The topological polar surface area (TPSA) is 76.0 Å². The van der Waals surface area contributed by atoms with Crippen molar-refractivity contribution >= 4 is 0 Å². The molecular formula is C10H22N2O3. The van der Waals surface area contributed by atoms with Crippen LogP contribution in [0.3, 0.4) is 0 Å². The first-order valence-corrected chi connectivity index (χ1v) is 5.61. The van der Waals surface area contributed by atoms with E-state index in [1.165, 1.54) is 6.42 Å². The average Bonchev–Trinajstić information content (AvgIpc) is 2.70. The van der Waals surface area contributed by atoms with Crippen LogP contribution in [0.5, 0.6) is 0 Å². The van der Waals surface area contributed by atoms with E-state index in [1.54, 1.807) is 0 Å². The lowest BCUT2D eigenvalue weighted by molar-refractivity contribution is 0.0510. The molecule has 0 aromatic heterocycles. The van der Waals surface area contributed by atoms with E-state index in [1.807, 2.05) is 4.90 Å². The Morgan fingerprint density at radius 1 is 1.40 bits per heavy atom. The van der Waals surface area contributed by atoms with Crippen molar-refractivity contribution in [2.24, 2.45) is 0 Å². The number of aliphatic hydroxyl groups excluding tert-OH is 3. The molecular weight excluding hydrogens is 196 g/mol. The molecule has 0 bridgehead atoms. The standard InChI is InChI=1S/C10H22N2O3/c13-5-4-12(7-10(15)8-14)6-9-2-1-3-11-9/h9-11,13-15H,1-8H2. The zero-order valence-electron chi connectivity index (χ0n) is 9.10. The van der Waals surface area contributed by atoms with Crippen LogP contribution in [0.1, 0.15) is 12.8 Å². The highest BCUT2D eigenvalue weighted by Gasteiger charge is 2.19. The largest absolute Gasteiger partial charge is 0.395 e. The van der Waals surface area contributed by atoms with E-state index in [-0.39, 0.29) is 13.2 Å². The summed E-state index contributed by atoms with van der Waals surface area (Å²) in [6.07, 6.45) is 1.63. The van der Waals surface area contributed by atoms with Gasteiger partial charge in [0.15, 0.2) is 0 Å². The van der Waals surface area contributed by atoms with Gasteiger partial charge in [-0.1, -0.05) is 0 Å². The third-order valence-corrected chi connectivity index (χ3v) is 2.74. The highest BCUT2D eigenvalue weighted by Crippen LogP contribution is 2.07. The molecule has 0 aromatic carbocycles. The fraction of sp³-hybridized carbons (Fsp3) is 1.00. The van der Waals surface area contributed by atoms with E-state index < -0.39 is 6.10 Å². The zero-order chi connectivity index (χ0) is 11.1. The summed E-state index contributed by atoms with van der Waals surface area (Å²) in [7, 11) is 0. The third kappa shape index (κ3) is 4.90. The summed E-state index contributed by atoms with van der Waals surface area (Å²) in [6, 6.07) is 0.461. The quantitative estimate of drug-likeness (QED) is 0.413. The monoisotopic (exact) mass is 218 g/mol. The first kappa shape index (κ1) is 12.9. The highest BCUT2D eigenvalue weighted by molar-refractivity contribution is 4.78. The molecule has 0 spiro atoms. The molecule has 2 atom stereocenters. The second-order valence-corrected chi connectivity index (χ2v) is 4.11. The third-order valence-electron chi connectivity index (χ3n) is 2.74. The molecule has 2 unspecified atom stereocenters. The molecule has 1 aliphatic heterocycles. The smallest absolute Gasteiger partial charge is 0.0897 e. The summed E-state index contributed by atoms with van der Waals surface area (Å²) in [4.78, 5) is 1.99. The van der Waals surface area contributed by atoms with Gasteiger partial charge in [0.05, 0.1) is 19.3 Å². The van der Waals surface area contributed by atoms with Gasteiger partial charge in [-0.15, -0.1) is 0 Å². The van der Waals surface area contributed by atoms with Crippen LogP contribution in [0.4, 0.5) is 0 Å². The van der Waals surface area contributed by atoms with E-state index in [0.29, 0.717) is 19.1 Å². The molecule has 0 aliphatic carbocycles. The summed E-state index contributed by atoms with van der Waals surface area (Å²) < 4.78 is 0. The van der Waals surface area contributed by atoms with Gasteiger partial charge in [-0.2, -0.15) is 0 Å². The van der Waals surface area contributed by atoms with E-state index in [0.717, 1.165) is 19.5 Å². The van der Waals surface area contributed by atoms with Crippen LogP contribution in [-0.4, -0.2) is 71.8 Å². The molecule has 5 heteroatoms. The van der Waals surface area contributed by atoms with Gasteiger partial charge in [-0.3, -0.25) is 4.90 Å². The summed E-state index contributed by atoms with van der Waals surface area (Å²) in [6.45, 7) is 2.73. The van der Waals surface area contributed by atoms with Gasteiger partial charge in [-0.25, -0.2) is 0 Å². The number of hydrogen-bond donors (Lipinski definition) is 4. The van der Waals surface area contributed by atoms with Crippen LogP contribution >= 0.6 is 0 Å². The molecule has 1 fully saturated rings. The van der Waals surface area contributed by atoms with E-state index >= 15 is 0 Å². The van der Waals surface area contributed by atoms with Crippen molar-refractivity contribution in [2.75, 3.05) is 39.4 Å². The normalized spacial score (nSPS) is 23.6. The van der Waals surface area contributed by atoms with Crippen LogP contribution in [0.2, 0.25) is 0 Å². The van der Waals surface area contributed by atoms with E-state index in [9.17, 15) is 5.11 Å². The fourth-order valence-corrected chi connectivity index (χ4v) is 1.98. The summed E-state index contributed by atoms with van der Waals surface area (Å²) in [5, 5.41) is 30.4. The Morgan fingerprint density at radius 2 is 2.20 bits per heavy atom. The van der Waals surface area contributed by atoms with Crippen LogP contribution in [0.25, 0.3) is 0 Å². The minimum atomic E-state index is -0.710. The molecule has 90 valence electrons. The molecule has 5 nitrogen and oxygen atoms in total. The Morgan fingerprint density at radius 3 is 2.73 bits per heavy atom. The maximum absolute atomic E-state index is 9.34. The molecule has 0 saturated carbocycles. The SMILES string of the molecule is OCCN(CC(O)CO)CC1CCCN1. The minimum absolute atomic E-state index is 0.0882. The maximum Gasteiger partial charge on any atom is 0.0897 e. The minimum Gasteiger partial charge on any atom is -0.395 e. The molecule has 0 radical (unpaired) electrons. The molecule has 4 N–H and O–H groups in total. The lowest BCUT2D eigenvalue weighted by Crippen LogP contribution is -2.43. The number of nitrogens with zero attached hydrogens (tertiary/aromatic N) is 1. The Balaban J connectivity index is 2.28. The summed E-state index contributed by atoms with van der Waals surface area (Å²) in [5.41, 5.74) is 0. The Bertz CT molecular complexity index is 163. The van der Waals surface area contributed by atoms with Crippen molar-refractivity contribution in [3.05, 3.63) is 0 Å². The van der Waals surface area contributed by atoms with Gasteiger partial charge in [0.25, 0.3) is 0 Å². The Labute approximate surface area is 90.7 Å². The van der Waals surface area contributed by atoms with E-state index in [2.05, 4.69) is 5.32 Å². The van der Waals surface area contributed by atoms with Crippen LogP contribution in [0, 0.1) is 0 Å². The van der Waals surface area contributed by atoms with Gasteiger partial charge in [0.2, 0.25) is 0 Å². The lowest BCUT2D eigenvalue weighted by Gasteiger charge is -2.26. The van der Waals surface area contributed by atoms with Crippen molar-refractivity contribution in [3.63, 3.8) is 0 Å². The number of hydrogen-bond acceptors (Lipinski definition) is 5. The molecule has 1 heterocycles. The van der Waals surface area contributed by atoms with Gasteiger partial charge in [-0.05, 0) is 19.4 Å². The van der Waals surface area contributed by atoms with Crippen molar-refractivity contribution in [3.8, 4) is 0 Å². The van der Waals surface area contributed by atoms with Crippen LogP contribution < -0.4 is 5.32 Å². The van der Waals surface area contributed by atoms with Crippen molar-refractivity contribution in [1.82, 2.24) is 10.2 Å².